The molecule has 1 heterocycles. The van der Waals surface area contributed by atoms with Crippen LogP contribution in [0.1, 0.15) is 51.7 Å². The van der Waals surface area contributed by atoms with Crippen LogP contribution in [0.25, 0.3) is 0 Å². The molecule has 1 amide bonds. The third kappa shape index (κ3) is 5.22. The lowest BCUT2D eigenvalue weighted by molar-refractivity contribution is -0.137. The van der Waals surface area contributed by atoms with Gasteiger partial charge in [-0.3, -0.25) is 4.79 Å². The molecule has 0 N–H and O–H groups in total. The monoisotopic (exact) mass is 531 g/mol. The van der Waals surface area contributed by atoms with Crippen LogP contribution in [0.15, 0.2) is 47.4 Å². The van der Waals surface area contributed by atoms with E-state index in [4.69, 9.17) is 16.3 Å². The van der Waals surface area contributed by atoms with Crippen LogP contribution < -0.4 is 4.90 Å². The van der Waals surface area contributed by atoms with Crippen LogP contribution in [-0.4, -0.2) is 34.1 Å². The van der Waals surface area contributed by atoms with Crippen LogP contribution in [0.5, 0.6) is 0 Å². The van der Waals surface area contributed by atoms with Crippen molar-refractivity contribution in [2.45, 2.75) is 56.4 Å². The van der Waals surface area contributed by atoms with Gasteiger partial charge in [-0.2, -0.15) is 13.2 Å². The van der Waals surface area contributed by atoms with Crippen molar-refractivity contribution in [3.05, 3.63) is 58.6 Å². The molecule has 35 heavy (non-hydrogen) atoms. The number of rotatable bonds is 5. The van der Waals surface area contributed by atoms with E-state index in [9.17, 15) is 26.4 Å². The second-order valence-electron chi connectivity index (χ2n) is 9.60. The molecule has 2 aromatic carbocycles. The normalized spacial score (nSPS) is 16.7. The van der Waals surface area contributed by atoms with Gasteiger partial charge in [-0.25, -0.2) is 8.42 Å². The zero-order valence-electron chi connectivity index (χ0n) is 20.1. The summed E-state index contributed by atoms with van der Waals surface area (Å²) < 4.78 is 70.7. The SMILES string of the molecule is CCN(C(=O)C(C)(C)C)c1ccc(C2(S(=O)(=O)c3ccc(C(F)(F)F)cc3)CCOCC2)cc1Cl. The minimum Gasteiger partial charge on any atom is -0.381 e. The summed E-state index contributed by atoms with van der Waals surface area (Å²) in [7, 11) is -4.12. The van der Waals surface area contributed by atoms with Gasteiger partial charge in [-0.15, -0.1) is 0 Å². The maximum atomic E-state index is 13.9. The highest BCUT2D eigenvalue weighted by Gasteiger charge is 2.48. The number of hydrogen-bond donors (Lipinski definition) is 0. The molecule has 0 bridgehead atoms. The Morgan fingerprint density at radius 1 is 1.06 bits per heavy atom. The van der Waals surface area contributed by atoms with Gasteiger partial charge in [-0.05, 0) is 61.7 Å². The highest BCUT2D eigenvalue weighted by molar-refractivity contribution is 7.92. The number of anilines is 1. The molecule has 2 aromatic rings. The fourth-order valence-corrected chi connectivity index (χ4v) is 6.67. The van der Waals surface area contributed by atoms with Crippen molar-refractivity contribution in [1.82, 2.24) is 0 Å². The topological polar surface area (TPSA) is 63.7 Å². The maximum Gasteiger partial charge on any atom is 0.416 e. The Hall–Kier alpha value is -2.10. The van der Waals surface area contributed by atoms with Gasteiger partial charge >= 0.3 is 6.18 Å². The Morgan fingerprint density at radius 2 is 1.63 bits per heavy atom. The summed E-state index contributed by atoms with van der Waals surface area (Å²) in [5.41, 5.74) is -0.694. The first kappa shape index (κ1) is 27.5. The van der Waals surface area contributed by atoms with Crippen molar-refractivity contribution >= 4 is 33.0 Å². The number of carbonyl (C=O) groups excluding carboxylic acids is 1. The van der Waals surface area contributed by atoms with E-state index in [0.717, 1.165) is 24.3 Å². The molecular weight excluding hydrogens is 503 g/mol. The van der Waals surface area contributed by atoms with Crippen LogP contribution in [0.2, 0.25) is 5.02 Å². The van der Waals surface area contributed by atoms with E-state index in [2.05, 4.69) is 0 Å². The Labute approximate surface area is 209 Å². The Kier molecular flexibility index (Phi) is 7.65. The molecule has 1 aliphatic heterocycles. The molecule has 0 radical (unpaired) electrons. The molecular formula is C25H29ClF3NO4S. The molecule has 3 rings (SSSR count). The molecule has 0 aromatic heterocycles. The standard InChI is InChI=1S/C25H29ClF3NO4S/c1-5-30(22(31)23(2,3)4)21-11-8-18(16-20(21)26)24(12-14-34-15-13-24)35(32,33)19-9-6-17(7-10-19)25(27,28)29/h6-11,16H,5,12-15H2,1-4H3. The van der Waals surface area contributed by atoms with Crippen LogP contribution in [0.3, 0.4) is 0 Å². The third-order valence-electron chi connectivity index (χ3n) is 6.27. The van der Waals surface area contributed by atoms with Crippen molar-refractivity contribution in [2.24, 2.45) is 5.41 Å². The van der Waals surface area contributed by atoms with Crippen molar-refractivity contribution < 1.29 is 31.1 Å². The summed E-state index contributed by atoms with van der Waals surface area (Å²) in [6.45, 7) is 7.93. The molecule has 1 fully saturated rings. The molecule has 0 unspecified atom stereocenters. The summed E-state index contributed by atoms with van der Waals surface area (Å²) in [6, 6.07) is 8.33. The van der Waals surface area contributed by atoms with Gasteiger partial charge < -0.3 is 9.64 Å². The highest BCUT2D eigenvalue weighted by Crippen LogP contribution is 2.46. The number of alkyl halides is 3. The molecule has 10 heteroatoms. The molecule has 0 saturated carbocycles. The minimum absolute atomic E-state index is 0.116. The predicted octanol–water partition coefficient (Wildman–Crippen LogP) is 6.24. The van der Waals surface area contributed by atoms with E-state index >= 15 is 0 Å². The first-order valence-corrected chi connectivity index (χ1v) is 13.1. The second-order valence-corrected chi connectivity index (χ2v) is 12.3. The summed E-state index contributed by atoms with van der Waals surface area (Å²) in [6.07, 6.45) is -4.34. The average molecular weight is 532 g/mol. The zero-order chi connectivity index (χ0) is 26.2. The van der Waals surface area contributed by atoms with E-state index in [0.29, 0.717) is 17.8 Å². The smallest absolute Gasteiger partial charge is 0.381 e. The van der Waals surface area contributed by atoms with Crippen LogP contribution >= 0.6 is 11.6 Å². The van der Waals surface area contributed by atoms with Crippen LogP contribution in [-0.2, 0) is 30.3 Å². The Morgan fingerprint density at radius 3 is 2.09 bits per heavy atom. The summed E-state index contributed by atoms with van der Waals surface area (Å²) in [5, 5.41) is 0.218. The molecule has 0 spiro atoms. The van der Waals surface area contributed by atoms with Crippen LogP contribution in [0, 0.1) is 5.41 Å². The molecule has 1 saturated heterocycles. The van der Waals surface area contributed by atoms with E-state index in [1.807, 2.05) is 6.92 Å². The van der Waals surface area contributed by atoms with Gasteiger partial charge in [0.15, 0.2) is 9.84 Å². The molecule has 5 nitrogen and oxygen atoms in total. The molecule has 192 valence electrons. The van der Waals surface area contributed by atoms with Crippen molar-refractivity contribution in [3.8, 4) is 0 Å². The highest BCUT2D eigenvalue weighted by atomic mass is 35.5. The number of amides is 1. The van der Waals surface area contributed by atoms with Gasteiger partial charge in [0.25, 0.3) is 0 Å². The lowest BCUT2D eigenvalue weighted by Crippen LogP contribution is -2.42. The van der Waals surface area contributed by atoms with Gasteiger partial charge in [0, 0.05) is 25.2 Å². The maximum absolute atomic E-state index is 13.9. The number of sulfone groups is 1. The Balaban J connectivity index is 2.10. The predicted molar refractivity (Wildman–Crippen MR) is 129 cm³/mol. The quantitative estimate of drug-likeness (QED) is 0.458. The van der Waals surface area contributed by atoms with Gasteiger partial charge in [0.1, 0.15) is 4.75 Å². The van der Waals surface area contributed by atoms with Crippen molar-refractivity contribution in [2.75, 3.05) is 24.7 Å². The fraction of sp³-hybridized carbons (Fsp3) is 0.480. The van der Waals surface area contributed by atoms with E-state index in [1.54, 1.807) is 43.9 Å². The van der Waals surface area contributed by atoms with Gasteiger partial charge in [-0.1, -0.05) is 38.4 Å². The first-order chi connectivity index (χ1) is 16.1. The van der Waals surface area contributed by atoms with Gasteiger partial charge in [0.05, 0.1) is 21.2 Å². The summed E-state index contributed by atoms with van der Waals surface area (Å²) >= 11 is 6.60. The number of halogens is 4. The van der Waals surface area contributed by atoms with E-state index in [1.165, 1.54) is 0 Å². The van der Waals surface area contributed by atoms with E-state index < -0.39 is 31.7 Å². The van der Waals surface area contributed by atoms with Crippen LogP contribution in [0.4, 0.5) is 18.9 Å². The Bertz CT molecular complexity index is 1180. The summed E-state index contributed by atoms with van der Waals surface area (Å²) in [4.78, 5) is 14.3. The summed E-state index contributed by atoms with van der Waals surface area (Å²) in [5.74, 6) is -0.132. The lowest BCUT2D eigenvalue weighted by atomic mass is 9.90. The minimum atomic E-state index is -4.57. The number of hydrogen-bond acceptors (Lipinski definition) is 4. The second kappa shape index (κ2) is 9.75. The largest absolute Gasteiger partial charge is 0.416 e. The van der Waals surface area contributed by atoms with Crippen molar-refractivity contribution in [1.29, 1.82) is 0 Å². The first-order valence-electron chi connectivity index (χ1n) is 11.3. The number of benzene rings is 2. The molecule has 0 aliphatic carbocycles. The zero-order valence-corrected chi connectivity index (χ0v) is 21.6. The number of ether oxygens (including phenoxy) is 1. The van der Waals surface area contributed by atoms with Crippen molar-refractivity contribution in [3.63, 3.8) is 0 Å². The molecule has 1 aliphatic rings. The number of nitrogens with zero attached hydrogens (tertiary/aromatic N) is 1. The van der Waals surface area contributed by atoms with E-state index in [-0.39, 0.29) is 41.9 Å². The average Bonchev–Trinajstić information content (AvgIpc) is 2.79. The van der Waals surface area contributed by atoms with Gasteiger partial charge in [0.2, 0.25) is 5.91 Å². The third-order valence-corrected chi connectivity index (χ3v) is 9.14. The number of carbonyl (C=O) groups is 1. The lowest BCUT2D eigenvalue weighted by Gasteiger charge is -2.38. The molecule has 0 atom stereocenters. The fourth-order valence-electron chi connectivity index (χ4n) is 4.30.